The molecule has 0 aliphatic rings. The predicted octanol–water partition coefficient (Wildman–Crippen LogP) is 6.20. The molecule has 0 spiro atoms. The number of nitrogens with zero attached hydrogens (tertiary/aromatic N) is 1. The van der Waals surface area contributed by atoms with Crippen molar-refractivity contribution in [2.75, 3.05) is 11.4 Å². The Bertz CT molecular complexity index is 675. The Labute approximate surface area is 149 Å². The van der Waals surface area contributed by atoms with E-state index in [1.807, 2.05) is 12.1 Å². The van der Waals surface area contributed by atoms with Crippen LogP contribution in [-0.2, 0) is 0 Å². The molecule has 0 aliphatic carbocycles. The first-order valence-corrected chi connectivity index (χ1v) is 8.60. The van der Waals surface area contributed by atoms with Crippen molar-refractivity contribution in [3.63, 3.8) is 0 Å². The molecule has 0 aromatic heterocycles. The van der Waals surface area contributed by atoms with Gasteiger partial charge in [0.25, 0.3) is 5.91 Å². The number of carbonyl (C=O) groups is 1. The standard InChI is InChI=1S/C17H16BrCl2NO/c1-2-3-9-21(14-6-4-5-13(19)11-14)17(22)12-7-8-15(18)16(20)10-12/h4-8,10-11H,2-3,9H2,1H3. The van der Waals surface area contributed by atoms with Crippen molar-refractivity contribution in [3.05, 3.63) is 62.5 Å². The summed E-state index contributed by atoms with van der Waals surface area (Å²) in [5, 5.41) is 1.13. The highest BCUT2D eigenvalue weighted by molar-refractivity contribution is 9.10. The van der Waals surface area contributed by atoms with Crippen LogP contribution in [0, 0.1) is 0 Å². The van der Waals surface area contributed by atoms with Crippen LogP contribution in [0.2, 0.25) is 10.0 Å². The molecule has 2 nitrogen and oxygen atoms in total. The molecule has 0 heterocycles. The normalized spacial score (nSPS) is 10.5. The van der Waals surface area contributed by atoms with E-state index in [1.54, 1.807) is 35.2 Å². The number of hydrogen-bond acceptors (Lipinski definition) is 1. The number of carbonyl (C=O) groups excluding carboxylic acids is 1. The lowest BCUT2D eigenvalue weighted by Crippen LogP contribution is -2.31. The van der Waals surface area contributed by atoms with E-state index < -0.39 is 0 Å². The first kappa shape index (κ1) is 17.3. The fourth-order valence-electron chi connectivity index (χ4n) is 2.09. The van der Waals surface area contributed by atoms with Gasteiger partial charge in [0, 0.05) is 27.3 Å². The predicted molar refractivity (Wildman–Crippen MR) is 97.2 cm³/mol. The van der Waals surface area contributed by atoms with E-state index >= 15 is 0 Å². The molecule has 1 amide bonds. The first-order chi connectivity index (χ1) is 10.5. The van der Waals surface area contributed by atoms with Crippen LogP contribution >= 0.6 is 39.1 Å². The zero-order valence-electron chi connectivity index (χ0n) is 12.2. The lowest BCUT2D eigenvalue weighted by atomic mass is 10.1. The summed E-state index contributed by atoms with van der Waals surface area (Å²) >= 11 is 15.5. The van der Waals surface area contributed by atoms with E-state index in [4.69, 9.17) is 23.2 Å². The average Bonchev–Trinajstić information content (AvgIpc) is 2.50. The van der Waals surface area contributed by atoms with Crippen LogP contribution in [0.4, 0.5) is 5.69 Å². The van der Waals surface area contributed by atoms with Gasteiger partial charge in [-0.1, -0.05) is 42.6 Å². The summed E-state index contributed by atoms with van der Waals surface area (Å²) in [4.78, 5) is 14.6. The van der Waals surface area contributed by atoms with Gasteiger partial charge in [-0.05, 0) is 58.7 Å². The van der Waals surface area contributed by atoms with Gasteiger partial charge in [-0.15, -0.1) is 0 Å². The van der Waals surface area contributed by atoms with Crippen LogP contribution in [0.1, 0.15) is 30.1 Å². The van der Waals surface area contributed by atoms with Gasteiger partial charge in [0.15, 0.2) is 0 Å². The number of amides is 1. The molecule has 0 atom stereocenters. The van der Waals surface area contributed by atoms with Gasteiger partial charge in [-0.2, -0.15) is 0 Å². The molecule has 116 valence electrons. The maximum absolute atomic E-state index is 12.8. The third-order valence-electron chi connectivity index (χ3n) is 3.27. The van der Waals surface area contributed by atoms with Gasteiger partial charge in [0.2, 0.25) is 0 Å². The van der Waals surface area contributed by atoms with Crippen LogP contribution in [0.5, 0.6) is 0 Å². The molecular formula is C17H16BrCl2NO. The van der Waals surface area contributed by atoms with E-state index in [0.717, 1.165) is 23.0 Å². The molecule has 0 unspecified atom stereocenters. The van der Waals surface area contributed by atoms with Crippen molar-refractivity contribution < 1.29 is 4.79 Å². The molecule has 2 aromatic carbocycles. The molecular weight excluding hydrogens is 385 g/mol. The van der Waals surface area contributed by atoms with Crippen LogP contribution in [0.3, 0.4) is 0 Å². The van der Waals surface area contributed by atoms with Gasteiger partial charge < -0.3 is 4.90 Å². The summed E-state index contributed by atoms with van der Waals surface area (Å²) < 4.78 is 0.772. The minimum atomic E-state index is -0.0786. The summed E-state index contributed by atoms with van der Waals surface area (Å²) in [7, 11) is 0. The molecule has 22 heavy (non-hydrogen) atoms. The highest BCUT2D eigenvalue weighted by Crippen LogP contribution is 2.26. The number of rotatable bonds is 5. The summed E-state index contributed by atoms with van der Waals surface area (Å²) in [5.74, 6) is -0.0786. The number of anilines is 1. The summed E-state index contributed by atoms with van der Waals surface area (Å²) in [6.45, 7) is 2.74. The second-order valence-electron chi connectivity index (χ2n) is 4.92. The molecule has 0 radical (unpaired) electrons. The molecule has 2 rings (SSSR count). The number of hydrogen-bond donors (Lipinski definition) is 0. The first-order valence-electron chi connectivity index (χ1n) is 7.05. The fourth-order valence-corrected chi connectivity index (χ4v) is 2.70. The van der Waals surface area contributed by atoms with Gasteiger partial charge in [-0.25, -0.2) is 0 Å². The van der Waals surface area contributed by atoms with Gasteiger partial charge in [-0.3, -0.25) is 4.79 Å². The smallest absolute Gasteiger partial charge is 0.258 e. The van der Waals surface area contributed by atoms with E-state index in [2.05, 4.69) is 22.9 Å². The Morgan fingerprint density at radius 1 is 1.18 bits per heavy atom. The van der Waals surface area contributed by atoms with Crippen molar-refractivity contribution in [2.45, 2.75) is 19.8 Å². The highest BCUT2D eigenvalue weighted by Gasteiger charge is 2.18. The van der Waals surface area contributed by atoms with Crippen LogP contribution in [0.15, 0.2) is 46.9 Å². The SMILES string of the molecule is CCCCN(C(=O)c1ccc(Br)c(Cl)c1)c1cccc(Cl)c1. The van der Waals surface area contributed by atoms with Crippen LogP contribution in [0.25, 0.3) is 0 Å². The Balaban J connectivity index is 2.35. The highest BCUT2D eigenvalue weighted by atomic mass is 79.9. The van der Waals surface area contributed by atoms with Crippen molar-refractivity contribution >= 4 is 50.7 Å². The molecule has 0 aliphatic heterocycles. The molecule has 0 bridgehead atoms. The Kier molecular flexibility index (Phi) is 6.30. The van der Waals surface area contributed by atoms with Crippen molar-refractivity contribution in [1.29, 1.82) is 0 Å². The van der Waals surface area contributed by atoms with E-state index in [0.29, 0.717) is 22.2 Å². The summed E-state index contributed by atoms with van der Waals surface area (Å²) in [6.07, 6.45) is 1.92. The van der Waals surface area contributed by atoms with Crippen molar-refractivity contribution in [2.24, 2.45) is 0 Å². The Hall–Kier alpha value is -1.03. The third kappa shape index (κ3) is 4.25. The van der Waals surface area contributed by atoms with Gasteiger partial charge in [0.05, 0.1) is 5.02 Å². The lowest BCUT2D eigenvalue weighted by Gasteiger charge is -2.23. The minimum Gasteiger partial charge on any atom is -0.308 e. The van der Waals surface area contributed by atoms with Crippen LogP contribution in [-0.4, -0.2) is 12.5 Å². The van der Waals surface area contributed by atoms with Crippen LogP contribution < -0.4 is 4.90 Å². The monoisotopic (exact) mass is 399 g/mol. The van der Waals surface area contributed by atoms with Crippen molar-refractivity contribution in [1.82, 2.24) is 0 Å². The minimum absolute atomic E-state index is 0.0786. The molecule has 5 heteroatoms. The lowest BCUT2D eigenvalue weighted by molar-refractivity contribution is 0.0986. The maximum atomic E-state index is 12.8. The van der Waals surface area contributed by atoms with Crippen molar-refractivity contribution in [3.8, 4) is 0 Å². The molecule has 0 fully saturated rings. The maximum Gasteiger partial charge on any atom is 0.258 e. The Morgan fingerprint density at radius 2 is 1.95 bits per heavy atom. The third-order valence-corrected chi connectivity index (χ3v) is 4.73. The topological polar surface area (TPSA) is 20.3 Å². The zero-order chi connectivity index (χ0) is 16.1. The number of halogens is 3. The second-order valence-corrected chi connectivity index (χ2v) is 6.62. The molecule has 0 N–H and O–H groups in total. The quantitative estimate of drug-likeness (QED) is 0.584. The number of unbranched alkanes of at least 4 members (excludes halogenated alkanes) is 1. The number of benzene rings is 2. The molecule has 0 saturated heterocycles. The second kappa shape index (κ2) is 8.00. The average molecular weight is 401 g/mol. The largest absolute Gasteiger partial charge is 0.308 e. The molecule has 2 aromatic rings. The van der Waals surface area contributed by atoms with Gasteiger partial charge >= 0.3 is 0 Å². The zero-order valence-corrected chi connectivity index (χ0v) is 15.2. The summed E-state index contributed by atoms with van der Waals surface area (Å²) in [6, 6.07) is 12.6. The molecule has 0 saturated carbocycles. The summed E-state index contributed by atoms with van der Waals surface area (Å²) in [5.41, 5.74) is 1.36. The Morgan fingerprint density at radius 3 is 2.59 bits per heavy atom. The van der Waals surface area contributed by atoms with E-state index in [9.17, 15) is 4.79 Å². The fraction of sp³-hybridized carbons (Fsp3) is 0.235. The van der Waals surface area contributed by atoms with Gasteiger partial charge in [0.1, 0.15) is 0 Å². The van der Waals surface area contributed by atoms with E-state index in [-0.39, 0.29) is 5.91 Å². The van der Waals surface area contributed by atoms with E-state index in [1.165, 1.54) is 0 Å².